The van der Waals surface area contributed by atoms with Crippen molar-refractivity contribution in [3.05, 3.63) is 71.8 Å². The number of carbonyl (C=O) groups excluding carboxylic acids is 1. The highest BCUT2D eigenvalue weighted by molar-refractivity contribution is 5.91. The first-order valence-electron chi connectivity index (χ1n) is 13.1. The third-order valence-corrected chi connectivity index (χ3v) is 7.35. The Hall–Kier alpha value is -2.21. The fraction of sp³-hybridized carbons (Fsp3) is 0.552. The van der Waals surface area contributed by atoms with E-state index >= 15 is 0 Å². The number of nitrogens with two attached hydrogens (primary N) is 1. The number of hydrogen-bond acceptors (Lipinski definition) is 4. The number of hydrogen-bond donors (Lipinski definition) is 3. The summed E-state index contributed by atoms with van der Waals surface area (Å²) >= 11 is 0. The third kappa shape index (κ3) is 6.91. The zero-order chi connectivity index (χ0) is 24.1. The van der Waals surface area contributed by atoms with Crippen LogP contribution in [0.25, 0.3) is 0 Å². The van der Waals surface area contributed by atoms with Crippen LogP contribution in [0.15, 0.2) is 60.7 Å². The summed E-state index contributed by atoms with van der Waals surface area (Å²) in [4.78, 5) is 15.7. The Morgan fingerprint density at radius 1 is 0.882 bits per heavy atom. The molecule has 1 saturated heterocycles. The van der Waals surface area contributed by atoms with E-state index in [0.29, 0.717) is 6.54 Å². The van der Waals surface area contributed by atoms with E-state index in [0.717, 1.165) is 43.7 Å². The van der Waals surface area contributed by atoms with Gasteiger partial charge < -0.3 is 21.1 Å². The van der Waals surface area contributed by atoms with Gasteiger partial charge in [-0.25, -0.2) is 0 Å². The lowest BCUT2D eigenvalue weighted by Crippen LogP contribution is -2.49. The van der Waals surface area contributed by atoms with Crippen LogP contribution in [-0.2, 0) is 10.2 Å². The Morgan fingerprint density at radius 2 is 1.44 bits per heavy atom. The molecule has 0 aliphatic carbocycles. The van der Waals surface area contributed by atoms with E-state index in [1.165, 1.54) is 44.9 Å². The molecule has 4 N–H and O–H groups in total. The fourth-order valence-electron chi connectivity index (χ4n) is 5.59. The number of carbonyl (C=O) groups is 1. The molecule has 2 aromatic carbocycles. The van der Waals surface area contributed by atoms with Crippen LogP contribution in [0.3, 0.4) is 0 Å². The normalized spacial score (nSPS) is 16.7. The molecule has 2 aromatic rings. The molecule has 0 unspecified atom stereocenters. The number of likely N-dealkylation sites (tertiary alicyclic amines) is 1. The summed E-state index contributed by atoms with van der Waals surface area (Å²) in [6, 6.07) is 20.3. The van der Waals surface area contributed by atoms with Crippen LogP contribution in [0.2, 0.25) is 0 Å². The molecule has 1 aliphatic heterocycles. The molecule has 0 aromatic heterocycles. The second-order valence-corrected chi connectivity index (χ2v) is 9.64. The van der Waals surface area contributed by atoms with E-state index in [4.69, 9.17) is 10.8 Å². The van der Waals surface area contributed by atoms with E-state index in [1.807, 2.05) is 36.4 Å². The molecule has 0 spiro atoms. The number of amides is 1. The number of nitrogens with one attached hydrogen (secondary N) is 1. The summed E-state index contributed by atoms with van der Waals surface area (Å²) in [7, 11) is 0. The highest BCUT2D eigenvalue weighted by atomic mass is 16.3. The van der Waals surface area contributed by atoms with Crippen molar-refractivity contribution in [2.24, 2.45) is 11.7 Å². The highest BCUT2D eigenvalue weighted by Gasteiger charge is 2.49. The summed E-state index contributed by atoms with van der Waals surface area (Å²) in [6.07, 6.45) is 9.81. The number of benzene rings is 2. The molecule has 1 fully saturated rings. The van der Waals surface area contributed by atoms with Crippen LogP contribution in [-0.4, -0.2) is 55.2 Å². The van der Waals surface area contributed by atoms with E-state index in [2.05, 4.69) is 34.5 Å². The molecule has 34 heavy (non-hydrogen) atoms. The Bertz CT molecular complexity index is 788. The Morgan fingerprint density at radius 3 is 2.00 bits per heavy atom. The van der Waals surface area contributed by atoms with Crippen molar-refractivity contribution in [1.29, 1.82) is 0 Å². The molecule has 5 nitrogen and oxygen atoms in total. The van der Waals surface area contributed by atoms with E-state index in [1.54, 1.807) is 0 Å². The molecule has 5 heteroatoms. The second kappa shape index (κ2) is 14.2. The number of nitrogens with zero attached hydrogens (tertiary/aromatic N) is 1. The SMILES string of the molecule is NC(=O)C(c1ccccc1)(c1ccccc1)[C@H]1CCN(CCCCCCCCCNCCO)C1. The summed E-state index contributed by atoms with van der Waals surface area (Å²) < 4.78 is 0. The maximum Gasteiger partial charge on any atom is 0.232 e. The fourth-order valence-corrected chi connectivity index (χ4v) is 5.59. The van der Waals surface area contributed by atoms with Crippen LogP contribution in [0.1, 0.15) is 62.5 Å². The van der Waals surface area contributed by atoms with Gasteiger partial charge in [0.15, 0.2) is 0 Å². The summed E-state index contributed by atoms with van der Waals surface area (Å²) in [6.45, 7) is 4.97. The molecular formula is C29H43N3O2. The first kappa shape index (κ1) is 26.4. The molecule has 1 amide bonds. The van der Waals surface area contributed by atoms with Gasteiger partial charge in [-0.3, -0.25) is 4.79 Å². The number of aliphatic hydroxyl groups excluding tert-OH is 1. The lowest BCUT2D eigenvalue weighted by molar-refractivity contribution is -0.123. The topological polar surface area (TPSA) is 78.6 Å². The minimum atomic E-state index is -0.788. The van der Waals surface area contributed by atoms with Crippen molar-refractivity contribution in [3.63, 3.8) is 0 Å². The van der Waals surface area contributed by atoms with Gasteiger partial charge >= 0.3 is 0 Å². The van der Waals surface area contributed by atoms with Crippen molar-refractivity contribution in [2.45, 2.75) is 56.8 Å². The highest BCUT2D eigenvalue weighted by Crippen LogP contribution is 2.43. The molecule has 0 radical (unpaired) electrons. The van der Waals surface area contributed by atoms with Crippen molar-refractivity contribution < 1.29 is 9.90 Å². The second-order valence-electron chi connectivity index (χ2n) is 9.64. The van der Waals surface area contributed by atoms with Crippen LogP contribution in [0.4, 0.5) is 0 Å². The minimum absolute atomic E-state index is 0.175. The van der Waals surface area contributed by atoms with Gasteiger partial charge in [0, 0.05) is 13.1 Å². The van der Waals surface area contributed by atoms with Gasteiger partial charge in [0.05, 0.1) is 6.61 Å². The number of rotatable bonds is 16. The molecule has 0 bridgehead atoms. The van der Waals surface area contributed by atoms with Gasteiger partial charge in [0.1, 0.15) is 5.41 Å². The van der Waals surface area contributed by atoms with Crippen molar-refractivity contribution in [1.82, 2.24) is 10.2 Å². The molecule has 1 aliphatic rings. The van der Waals surface area contributed by atoms with E-state index in [9.17, 15) is 4.79 Å². The number of aliphatic hydroxyl groups is 1. The van der Waals surface area contributed by atoms with E-state index < -0.39 is 5.41 Å². The average molecular weight is 466 g/mol. The van der Waals surface area contributed by atoms with Gasteiger partial charge in [-0.05, 0) is 55.9 Å². The standard InChI is InChI=1S/C29H43N3O2/c30-28(34)29(25-14-8-6-9-15-25,26-16-10-7-11-17-26)27-18-22-32(24-27)21-13-5-3-1-2-4-12-19-31-20-23-33/h6-11,14-17,27,31,33H,1-5,12-13,18-24H2,(H2,30,34)/t27-/m0/s1. The number of primary amides is 1. The van der Waals surface area contributed by atoms with Crippen molar-refractivity contribution >= 4 is 5.91 Å². The summed E-state index contributed by atoms with van der Waals surface area (Å²) in [5.74, 6) is -0.0717. The van der Waals surface area contributed by atoms with Gasteiger partial charge in [-0.2, -0.15) is 0 Å². The lowest BCUT2D eigenvalue weighted by Gasteiger charge is -2.37. The zero-order valence-electron chi connectivity index (χ0n) is 20.6. The van der Waals surface area contributed by atoms with Crippen LogP contribution >= 0.6 is 0 Å². The molecule has 0 saturated carbocycles. The van der Waals surface area contributed by atoms with Gasteiger partial charge in [0.25, 0.3) is 0 Å². The summed E-state index contributed by atoms with van der Waals surface area (Å²) in [5.41, 5.74) is 7.43. The zero-order valence-corrected chi connectivity index (χ0v) is 20.6. The predicted molar refractivity (Wildman–Crippen MR) is 140 cm³/mol. The molecule has 1 atom stereocenters. The van der Waals surface area contributed by atoms with Gasteiger partial charge in [-0.15, -0.1) is 0 Å². The van der Waals surface area contributed by atoms with Crippen molar-refractivity contribution in [2.75, 3.05) is 39.3 Å². The Balaban J connectivity index is 1.50. The Labute approximate surface area is 205 Å². The smallest absolute Gasteiger partial charge is 0.232 e. The van der Waals surface area contributed by atoms with Crippen LogP contribution in [0.5, 0.6) is 0 Å². The van der Waals surface area contributed by atoms with Gasteiger partial charge in [-0.1, -0.05) is 92.8 Å². The maximum atomic E-state index is 13.2. The molecule has 3 rings (SSSR count). The van der Waals surface area contributed by atoms with Crippen molar-refractivity contribution in [3.8, 4) is 0 Å². The monoisotopic (exact) mass is 465 g/mol. The quantitative estimate of drug-likeness (QED) is 0.326. The Kier molecular flexibility index (Phi) is 11.1. The van der Waals surface area contributed by atoms with Gasteiger partial charge in [0.2, 0.25) is 5.91 Å². The largest absolute Gasteiger partial charge is 0.395 e. The third-order valence-electron chi connectivity index (χ3n) is 7.35. The predicted octanol–water partition coefficient (Wildman–Crippen LogP) is 4.09. The maximum absolute atomic E-state index is 13.2. The summed E-state index contributed by atoms with van der Waals surface area (Å²) in [5, 5.41) is 12.0. The number of unbranched alkanes of at least 4 members (excludes halogenated alkanes) is 6. The van der Waals surface area contributed by atoms with E-state index in [-0.39, 0.29) is 18.4 Å². The van der Waals surface area contributed by atoms with Crippen LogP contribution in [0, 0.1) is 5.92 Å². The van der Waals surface area contributed by atoms with Crippen LogP contribution < -0.4 is 11.1 Å². The lowest BCUT2D eigenvalue weighted by atomic mass is 9.64. The molecule has 1 heterocycles. The first-order chi connectivity index (χ1) is 16.7. The first-order valence-corrected chi connectivity index (χ1v) is 13.1. The minimum Gasteiger partial charge on any atom is -0.395 e. The molecular weight excluding hydrogens is 422 g/mol. The molecule has 186 valence electrons. The average Bonchev–Trinajstić information content (AvgIpc) is 3.33.